The van der Waals surface area contributed by atoms with E-state index in [4.69, 9.17) is 0 Å². The quantitative estimate of drug-likeness (QED) is 0.329. The molecule has 226 valence electrons. The summed E-state index contributed by atoms with van der Waals surface area (Å²) in [6.45, 7) is 2.20. The molecular formula is C33H45N5O4. The summed E-state index contributed by atoms with van der Waals surface area (Å²) < 4.78 is 0. The van der Waals surface area contributed by atoms with Crippen LogP contribution in [0.2, 0.25) is 0 Å². The standard InChI is InChI=1S/C33H45N5O4/c1-22(34-2)30(39)36-28(25-18-11-6-12-19-25)33(42)38-21-13-20-26(38)31(40)37-29(32(41)35-3)27(23-14-7-4-8-15-23)24-16-9-5-10-17-24/h4-5,7-10,14-17,22,25-29,34H,6,11-13,18-21H2,1-3H3,(H,35,41)(H,36,39)(H,37,40)/t22?,26?,28?,29-/m0/s1. The zero-order chi connectivity index (χ0) is 30.1. The van der Waals surface area contributed by atoms with Crippen LogP contribution in [0.15, 0.2) is 60.7 Å². The van der Waals surface area contributed by atoms with Crippen molar-refractivity contribution in [2.75, 3.05) is 20.6 Å². The lowest BCUT2D eigenvalue weighted by molar-refractivity contribution is -0.143. The Morgan fingerprint density at radius 3 is 1.90 bits per heavy atom. The minimum Gasteiger partial charge on any atom is -0.357 e. The van der Waals surface area contributed by atoms with Gasteiger partial charge >= 0.3 is 0 Å². The Morgan fingerprint density at radius 2 is 1.36 bits per heavy atom. The van der Waals surface area contributed by atoms with Crippen molar-refractivity contribution in [3.8, 4) is 0 Å². The maximum Gasteiger partial charge on any atom is 0.246 e. The predicted molar refractivity (Wildman–Crippen MR) is 162 cm³/mol. The van der Waals surface area contributed by atoms with Crippen LogP contribution in [-0.2, 0) is 19.2 Å². The third kappa shape index (κ3) is 7.37. The molecule has 1 heterocycles. The molecule has 1 saturated heterocycles. The van der Waals surface area contributed by atoms with Crippen molar-refractivity contribution in [3.63, 3.8) is 0 Å². The summed E-state index contributed by atoms with van der Waals surface area (Å²) in [7, 11) is 3.27. The maximum absolute atomic E-state index is 14.1. The normalized spacial score (nSPS) is 19.5. The van der Waals surface area contributed by atoms with Crippen LogP contribution in [0.3, 0.4) is 0 Å². The molecule has 4 N–H and O–H groups in total. The minimum absolute atomic E-state index is 0.0303. The summed E-state index contributed by atoms with van der Waals surface area (Å²) >= 11 is 0. The first-order chi connectivity index (χ1) is 20.3. The van der Waals surface area contributed by atoms with Crippen LogP contribution in [0.4, 0.5) is 0 Å². The molecule has 1 saturated carbocycles. The van der Waals surface area contributed by atoms with E-state index < -0.39 is 30.1 Å². The number of rotatable bonds is 11. The lowest BCUT2D eigenvalue weighted by Gasteiger charge is -2.36. The summed E-state index contributed by atoms with van der Waals surface area (Å²) in [4.78, 5) is 55.9. The molecule has 0 radical (unpaired) electrons. The average Bonchev–Trinajstić information content (AvgIpc) is 3.54. The van der Waals surface area contributed by atoms with Gasteiger partial charge in [-0.25, -0.2) is 0 Å². The molecule has 9 heteroatoms. The van der Waals surface area contributed by atoms with E-state index in [9.17, 15) is 19.2 Å². The van der Waals surface area contributed by atoms with Crippen LogP contribution in [-0.4, -0.2) is 73.3 Å². The van der Waals surface area contributed by atoms with Crippen molar-refractivity contribution in [1.82, 2.24) is 26.2 Å². The SMILES string of the molecule is CNC(=O)[C@@H](NC(=O)C1CCCN1C(=O)C(NC(=O)C(C)NC)C1CCCCC1)C(c1ccccc1)c1ccccc1. The molecule has 2 aromatic carbocycles. The van der Waals surface area contributed by atoms with Gasteiger partial charge in [-0.2, -0.15) is 0 Å². The lowest BCUT2D eigenvalue weighted by atomic mass is 9.83. The summed E-state index contributed by atoms with van der Waals surface area (Å²) in [5.74, 6) is -1.51. The van der Waals surface area contributed by atoms with Crippen LogP contribution >= 0.6 is 0 Å². The first kappa shape index (κ1) is 31.2. The molecule has 1 aliphatic carbocycles. The zero-order valence-corrected chi connectivity index (χ0v) is 25.0. The van der Waals surface area contributed by atoms with Crippen molar-refractivity contribution in [2.45, 2.75) is 82.0 Å². The highest BCUT2D eigenvalue weighted by atomic mass is 16.2. The summed E-state index contributed by atoms with van der Waals surface area (Å²) in [6, 6.07) is 16.6. The number of likely N-dealkylation sites (N-methyl/N-ethyl adjacent to an activating group) is 2. The van der Waals surface area contributed by atoms with Gasteiger partial charge < -0.3 is 26.2 Å². The fourth-order valence-electron chi connectivity index (χ4n) is 6.34. The molecule has 9 nitrogen and oxygen atoms in total. The molecule has 1 aliphatic heterocycles. The molecule has 42 heavy (non-hydrogen) atoms. The highest BCUT2D eigenvalue weighted by Crippen LogP contribution is 2.31. The highest BCUT2D eigenvalue weighted by Gasteiger charge is 2.42. The number of benzene rings is 2. The van der Waals surface area contributed by atoms with Crippen LogP contribution < -0.4 is 21.3 Å². The molecule has 2 aromatic rings. The first-order valence-electron chi connectivity index (χ1n) is 15.3. The second-order valence-electron chi connectivity index (χ2n) is 11.5. The van der Waals surface area contributed by atoms with E-state index in [1.807, 2.05) is 60.7 Å². The van der Waals surface area contributed by atoms with Gasteiger partial charge in [-0.3, -0.25) is 19.2 Å². The Morgan fingerprint density at radius 1 is 0.762 bits per heavy atom. The van der Waals surface area contributed by atoms with Gasteiger partial charge in [0.1, 0.15) is 18.1 Å². The molecule has 2 fully saturated rings. The fraction of sp³-hybridized carbons (Fsp3) is 0.515. The van der Waals surface area contributed by atoms with Crippen molar-refractivity contribution < 1.29 is 19.2 Å². The smallest absolute Gasteiger partial charge is 0.246 e. The monoisotopic (exact) mass is 575 g/mol. The Labute approximate surface area is 249 Å². The zero-order valence-electron chi connectivity index (χ0n) is 25.0. The summed E-state index contributed by atoms with van der Waals surface area (Å²) in [6.07, 6.45) is 6.06. The first-order valence-corrected chi connectivity index (χ1v) is 15.3. The van der Waals surface area contributed by atoms with Crippen molar-refractivity contribution in [1.29, 1.82) is 0 Å². The predicted octanol–water partition coefficient (Wildman–Crippen LogP) is 2.71. The maximum atomic E-state index is 14.1. The molecule has 3 unspecified atom stereocenters. The number of amides is 4. The fourth-order valence-corrected chi connectivity index (χ4v) is 6.34. The minimum atomic E-state index is -0.893. The molecule has 4 rings (SSSR count). The second kappa shape index (κ2) is 15.0. The molecule has 4 amide bonds. The van der Waals surface area contributed by atoms with Crippen LogP contribution in [0.25, 0.3) is 0 Å². The van der Waals surface area contributed by atoms with Gasteiger partial charge in [0.2, 0.25) is 23.6 Å². The largest absolute Gasteiger partial charge is 0.357 e. The number of carbonyl (C=O) groups excluding carboxylic acids is 4. The number of carbonyl (C=O) groups is 4. The second-order valence-corrected chi connectivity index (χ2v) is 11.5. The third-order valence-electron chi connectivity index (χ3n) is 8.83. The number of hydrogen-bond acceptors (Lipinski definition) is 5. The van der Waals surface area contributed by atoms with E-state index in [0.717, 1.165) is 43.2 Å². The van der Waals surface area contributed by atoms with Crippen molar-refractivity contribution >= 4 is 23.6 Å². The Bertz CT molecular complexity index is 1160. The van der Waals surface area contributed by atoms with Crippen LogP contribution in [0.1, 0.15) is 68.9 Å². The van der Waals surface area contributed by atoms with Gasteiger partial charge in [-0.15, -0.1) is 0 Å². The Kier molecular flexibility index (Phi) is 11.1. The highest BCUT2D eigenvalue weighted by molar-refractivity contribution is 5.95. The van der Waals surface area contributed by atoms with E-state index >= 15 is 0 Å². The van der Waals surface area contributed by atoms with Gasteiger partial charge in [0.05, 0.1) is 6.04 Å². The Hall–Kier alpha value is -3.72. The molecule has 2 aliphatic rings. The summed E-state index contributed by atoms with van der Waals surface area (Å²) in [5.41, 5.74) is 1.80. The van der Waals surface area contributed by atoms with Gasteiger partial charge in [0, 0.05) is 19.5 Å². The van der Waals surface area contributed by atoms with Crippen molar-refractivity contribution in [2.24, 2.45) is 5.92 Å². The van der Waals surface area contributed by atoms with E-state index in [2.05, 4.69) is 21.3 Å². The van der Waals surface area contributed by atoms with E-state index in [-0.39, 0.29) is 29.5 Å². The lowest BCUT2D eigenvalue weighted by Crippen LogP contribution is -2.59. The molecule has 0 spiro atoms. The molecule has 0 bridgehead atoms. The van der Waals surface area contributed by atoms with Gasteiger partial charge in [0.15, 0.2) is 0 Å². The number of hydrogen-bond donors (Lipinski definition) is 4. The summed E-state index contributed by atoms with van der Waals surface area (Å²) in [5, 5.41) is 11.7. The molecule has 4 atom stereocenters. The van der Waals surface area contributed by atoms with E-state index in [0.29, 0.717) is 19.4 Å². The van der Waals surface area contributed by atoms with E-state index in [1.165, 1.54) is 0 Å². The van der Waals surface area contributed by atoms with Gasteiger partial charge in [0.25, 0.3) is 0 Å². The average molecular weight is 576 g/mol. The number of nitrogens with one attached hydrogen (secondary N) is 4. The topological polar surface area (TPSA) is 120 Å². The van der Waals surface area contributed by atoms with Crippen LogP contribution in [0.5, 0.6) is 0 Å². The number of nitrogens with zero attached hydrogens (tertiary/aromatic N) is 1. The molecular weight excluding hydrogens is 530 g/mol. The van der Waals surface area contributed by atoms with Crippen molar-refractivity contribution in [3.05, 3.63) is 71.8 Å². The van der Waals surface area contributed by atoms with E-state index in [1.54, 1.807) is 25.9 Å². The third-order valence-corrected chi connectivity index (χ3v) is 8.83. The molecule has 0 aromatic heterocycles. The number of likely N-dealkylation sites (tertiary alicyclic amines) is 1. The Balaban J connectivity index is 1.59. The van der Waals surface area contributed by atoms with Crippen LogP contribution in [0, 0.1) is 5.92 Å². The van der Waals surface area contributed by atoms with Gasteiger partial charge in [-0.1, -0.05) is 79.9 Å². The van der Waals surface area contributed by atoms with Gasteiger partial charge in [-0.05, 0) is 56.7 Å².